The largest absolute Gasteiger partial charge is 0.455 e. The summed E-state index contributed by atoms with van der Waals surface area (Å²) < 4.78 is 6.24. The Morgan fingerprint density at radius 1 is 0.742 bits per heavy atom. The van der Waals surface area contributed by atoms with Crippen molar-refractivity contribution < 1.29 is 4.42 Å². The van der Waals surface area contributed by atoms with Gasteiger partial charge in [0.05, 0.1) is 11.9 Å². The Morgan fingerprint density at radius 2 is 1.42 bits per heavy atom. The standard InChI is InChI=1S/C28H26N2O/c1-17(2)20-10-7-11-21(18(3)4)27(20)19-15-25(30-29-16-19)24-13-8-12-23-22-9-5-6-14-26(22)31-28(23)24/h5-18H,1-4H3. The molecule has 0 fully saturated rings. The molecular formula is C28H26N2O. The summed E-state index contributed by atoms with van der Waals surface area (Å²) in [6, 6.07) is 23.2. The lowest BCUT2D eigenvalue weighted by molar-refractivity contribution is 0.669. The van der Waals surface area contributed by atoms with Crippen LogP contribution in [0.1, 0.15) is 50.7 Å². The third kappa shape index (κ3) is 3.31. The van der Waals surface area contributed by atoms with E-state index >= 15 is 0 Å². The summed E-state index contributed by atoms with van der Waals surface area (Å²) in [5.74, 6) is 0.841. The first-order chi connectivity index (χ1) is 15.0. The minimum Gasteiger partial charge on any atom is -0.455 e. The van der Waals surface area contributed by atoms with E-state index in [0.29, 0.717) is 11.8 Å². The van der Waals surface area contributed by atoms with Gasteiger partial charge in [0.2, 0.25) is 0 Å². The van der Waals surface area contributed by atoms with Crippen molar-refractivity contribution in [2.45, 2.75) is 39.5 Å². The van der Waals surface area contributed by atoms with Crippen molar-refractivity contribution in [2.24, 2.45) is 0 Å². The summed E-state index contributed by atoms with van der Waals surface area (Å²) in [7, 11) is 0. The van der Waals surface area contributed by atoms with Crippen LogP contribution in [-0.4, -0.2) is 10.2 Å². The zero-order valence-electron chi connectivity index (χ0n) is 18.4. The average Bonchev–Trinajstić information content (AvgIpc) is 3.17. The van der Waals surface area contributed by atoms with Crippen molar-refractivity contribution in [2.75, 3.05) is 0 Å². The maximum Gasteiger partial charge on any atom is 0.144 e. The fourth-order valence-corrected chi connectivity index (χ4v) is 4.47. The summed E-state index contributed by atoms with van der Waals surface area (Å²) in [5.41, 5.74) is 8.61. The number of para-hydroxylation sites is 2. The summed E-state index contributed by atoms with van der Waals surface area (Å²) in [4.78, 5) is 0. The smallest absolute Gasteiger partial charge is 0.144 e. The Morgan fingerprint density at radius 3 is 2.16 bits per heavy atom. The number of hydrogen-bond donors (Lipinski definition) is 0. The number of fused-ring (bicyclic) bond motifs is 3. The number of benzene rings is 3. The van der Waals surface area contributed by atoms with E-state index in [0.717, 1.165) is 38.8 Å². The topological polar surface area (TPSA) is 38.9 Å². The van der Waals surface area contributed by atoms with Gasteiger partial charge in [-0.05, 0) is 46.7 Å². The van der Waals surface area contributed by atoms with E-state index < -0.39 is 0 Å². The number of rotatable bonds is 4. The van der Waals surface area contributed by atoms with Crippen molar-refractivity contribution >= 4 is 21.9 Å². The van der Waals surface area contributed by atoms with Crippen LogP contribution < -0.4 is 0 Å². The molecule has 5 aromatic rings. The Kier molecular flexibility index (Phi) is 4.82. The van der Waals surface area contributed by atoms with Crippen LogP contribution in [0.15, 0.2) is 77.3 Å². The predicted molar refractivity (Wildman–Crippen MR) is 128 cm³/mol. The first-order valence-corrected chi connectivity index (χ1v) is 10.9. The lowest BCUT2D eigenvalue weighted by Gasteiger charge is -2.20. The Bertz CT molecular complexity index is 1370. The van der Waals surface area contributed by atoms with Crippen LogP contribution in [-0.2, 0) is 0 Å². The van der Waals surface area contributed by atoms with Crippen molar-refractivity contribution in [3.63, 3.8) is 0 Å². The second kappa shape index (κ2) is 7.66. The van der Waals surface area contributed by atoms with Crippen LogP contribution >= 0.6 is 0 Å². The van der Waals surface area contributed by atoms with Gasteiger partial charge in [-0.15, -0.1) is 0 Å². The van der Waals surface area contributed by atoms with Crippen LogP contribution in [0.25, 0.3) is 44.3 Å². The molecule has 31 heavy (non-hydrogen) atoms. The zero-order valence-corrected chi connectivity index (χ0v) is 18.4. The van der Waals surface area contributed by atoms with Gasteiger partial charge in [0.15, 0.2) is 0 Å². The maximum atomic E-state index is 6.24. The quantitative estimate of drug-likeness (QED) is 0.304. The van der Waals surface area contributed by atoms with E-state index in [1.807, 2.05) is 24.4 Å². The van der Waals surface area contributed by atoms with E-state index in [1.54, 1.807) is 0 Å². The minimum absolute atomic E-state index is 0.420. The van der Waals surface area contributed by atoms with E-state index in [2.05, 4.69) is 86.4 Å². The fourth-order valence-electron chi connectivity index (χ4n) is 4.47. The zero-order chi connectivity index (χ0) is 21.5. The Balaban J connectivity index is 1.74. The summed E-state index contributed by atoms with van der Waals surface area (Å²) in [5, 5.41) is 11.1. The molecule has 3 heteroatoms. The molecule has 0 N–H and O–H groups in total. The number of nitrogens with zero attached hydrogens (tertiary/aromatic N) is 2. The Labute approximate surface area is 182 Å². The molecule has 3 aromatic carbocycles. The van der Waals surface area contributed by atoms with Gasteiger partial charge >= 0.3 is 0 Å². The molecule has 0 unspecified atom stereocenters. The first kappa shape index (κ1) is 19.5. The normalized spacial score (nSPS) is 11.8. The van der Waals surface area contributed by atoms with Crippen LogP contribution in [0.5, 0.6) is 0 Å². The molecule has 2 heterocycles. The van der Waals surface area contributed by atoms with Crippen molar-refractivity contribution in [1.29, 1.82) is 0 Å². The molecule has 0 aliphatic rings. The lowest BCUT2D eigenvalue weighted by Crippen LogP contribution is -2.01. The minimum atomic E-state index is 0.420. The highest BCUT2D eigenvalue weighted by Gasteiger charge is 2.18. The fraction of sp³-hybridized carbons (Fsp3) is 0.214. The van der Waals surface area contributed by atoms with Crippen molar-refractivity contribution in [3.8, 4) is 22.4 Å². The van der Waals surface area contributed by atoms with Gasteiger partial charge in [-0.2, -0.15) is 10.2 Å². The number of hydrogen-bond acceptors (Lipinski definition) is 3. The second-order valence-corrected chi connectivity index (χ2v) is 8.73. The van der Waals surface area contributed by atoms with Gasteiger partial charge in [-0.25, -0.2) is 0 Å². The summed E-state index contributed by atoms with van der Waals surface area (Å²) in [6.45, 7) is 8.97. The van der Waals surface area contributed by atoms with E-state index in [4.69, 9.17) is 4.42 Å². The van der Waals surface area contributed by atoms with Crippen LogP contribution in [0.3, 0.4) is 0 Å². The molecule has 0 saturated heterocycles. The third-order valence-electron chi connectivity index (χ3n) is 6.00. The maximum absolute atomic E-state index is 6.24. The summed E-state index contributed by atoms with van der Waals surface area (Å²) >= 11 is 0. The molecule has 5 rings (SSSR count). The molecule has 0 radical (unpaired) electrons. The highest BCUT2D eigenvalue weighted by atomic mass is 16.3. The van der Waals surface area contributed by atoms with E-state index in [9.17, 15) is 0 Å². The SMILES string of the molecule is CC(C)c1cccc(C(C)C)c1-c1cnnc(-c2cccc3c2oc2ccccc23)c1. The molecule has 0 aliphatic heterocycles. The number of furan rings is 1. The monoisotopic (exact) mass is 406 g/mol. The molecule has 0 amide bonds. The molecule has 0 aliphatic carbocycles. The molecule has 0 atom stereocenters. The van der Waals surface area contributed by atoms with Gasteiger partial charge in [0, 0.05) is 21.9 Å². The van der Waals surface area contributed by atoms with Gasteiger partial charge in [0.25, 0.3) is 0 Å². The first-order valence-electron chi connectivity index (χ1n) is 10.9. The third-order valence-corrected chi connectivity index (χ3v) is 6.00. The molecule has 0 saturated carbocycles. The van der Waals surface area contributed by atoms with Crippen molar-refractivity contribution in [1.82, 2.24) is 10.2 Å². The molecule has 154 valence electrons. The van der Waals surface area contributed by atoms with Gasteiger partial charge in [-0.1, -0.05) is 76.2 Å². The highest BCUT2D eigenvalue weighted by Crippen LogP contribution is 2.39. The van der Waals surface area contributed by atoms with Gasteiger partial charge < -0.3 is 4.42 Å². The molecule has 3 nitrogen and oxygen atoms in total. The highest BCUT2D eigenvalue weighted by molar-refractivity contribution is 6.09. The molecule has 0 spiro atoms. The number of aromatic nitrogens is 2. The van der Waals surface area contributed by atoms with Crippen LogP contribution in [0.2, 0.25) is 0 Å². The average molecular weight is 407 g/mol. The molecular weight excluding hydrogens is 380 g/mol. The molecule has 2 aromatic heterocycles. The van der Waals surface area contributed by atoms with Crippen molar-refractivity contribution in [3.05, 3.63) is 84.1 Å². The van der Waals surface area contributed by atoms with E-state index in [-0.39, 0.29) is 0 Å². The van der Waals surface area contributed by atoms with Gasteiger partial charge in [-0.3, -0.25) is 0 Å². The van der Waals surface area contributed by atoms with Gasteiger partial charge in [0.1, 0.15) is 11.2 Å². The van der Waals surface area contributed by atoms with Crippen LogP contribution in [0.4, 0.5) is 0 Å². The molecule has 0 bridgehead atoms. The predicted octanol–water partition coefficient (Wildman–Crippen LogP) is 7.96. The second-order valence-electron chi connectivity index (χ2n) is 8.73. The Hall–Kier alpha value is -3.46. The lowest BCUT2D eigenvalue weighted by atomic mass is 9.85. The van der Waals surface area contributed by atoms with Crippen LogP contribution in [0, 0.1) is 0 Å². The summed E-state index contributed by atoms with van der Waals surface area (Å²) in [6.07, 6.45) is 1.88. The van der Waals surface area contributed by atoms with E-state index in [1.165, 1.54) is 16.7 Å².